The van der Waals surface area contributed by atoms with E-state index < -0.39 is 0 Å². The lowest BCUT2D eigenvalue weighted by Crippen LogP contribution is -2.52. The van der Waals surface area contributed by atoms with Crippen molar-refractivity contribution in [2.24, 2.45) is 0 Å². The third kappa shape index (κ3) is 3.76. The fourth-order valence-corrected chi connectivity index (χ4v) is 2.09. The predicted octanol–water partition coefficient (Wildman–Crippen LogP) is 0.966. The molecule has 0 radical (unpaired) electrons. The number of ether oxygens (including phenoxy) is 1. The molecule has 1 saturated heterocycles. The zero-order valence-corrected chi connectivity index (χ0v) is 10.7. The molecular formula is C12H24N2O2. The molecule has 1 atom stereocenters. The second kappa shape index (κ2) is 6.86. The van der Waals surface area contributed by atoms with Crippen molar-refractivity contribution in [3.05, 3.63) is 0 Å². The van der Waals surface area contributed by atoms with Crippen LogP contribution >= 0.6 is 0 Å². The monoisotopic (exact) mass is 228 g/mol. The van der Waals surface area contributed by atoms with Crippen LogP contribution < -0.4 is 0 Å². The maximum atomic E-state index is 11.8. The van der Waals surface area contributed by atoms with E-state index >= 15 is 0 Å². The van der Waals surface area contributed by atoms with E-state index in [1.807, 2.05) is 6.92 Å². The minimum atomic E-state index is -0.0473. The number of carbonyl (C=O) groups excluding carboxylic acids is 1. The van der Waals surface area contributed by atoms with Crippen molar-refractivity contribution >= 4 is 5.97 Å². The molecule has 1 heterocycles. The Morgan fingerprint density at radius 1 is 1.25 bits per heavy atom. The first kappa shape index (κ1) is 13.5. The molecule has 94 valence electrons. The van der Waals surface area contributed by atoms with Crippen LogP contribution in [0.2, 0.25) is 0 Å². The standard InChI is InChI=1S/C12H24N2O2/c1-4-6-11(12(15)16-5-2)14-9-7-13(3)8-10-14/h11H,4-10H2,1-3H3. The molecule has 4 nitrogen and oxygen atoms in total. The van der Waals surface area contributed by atoms with Crippen molar-refractivity contribution in [3.63, 3.8) is 0 Å². The van der Waals surface area contributed by atoms with Gasteiger partial charge in [-0.2, -0.15) is 0 Å². The van der Waals surface area contributed by atoms with Gasteiger partial charge in [-0.3, -0.25) is 9.69 Å². The molecular weight excluding hydrogens is 204 g/mol. The number of hydrogen-bond acceptors (Lipinski definition) is 4. The molecule has 0 aromatic carbocycles. The first-order chi connectivity index (χ1) is 7.69. The fourth-order valence-electron chi connectivity index (χ4n) is 2.09. The van der Waals surface area contributed by atoms with Gasteiger partial charge in [0.1, 0.15) is 6.04 Å². The van der Waals surface area contributed by atoms with E-state index in [1.54, 1.807) is 0 Å². The van der Waals surface area contributed by atoms with Crippen molar-refractivity contribution in [2.45, 2.75) is 32.7 Å². The van der Waals surface area contributed by atoms with Crippen LogP contribution in [0.4, 0.5) is 0 Å². The SMILES string of the molecule is CCCC(C(=O)OCC)N1CCN(C)CC1. The molecule has 0 N–H and O–H groups in total. The Morgan fingerprint density at radius 3 is 2.38 bits per heavy atom. The summed E-state index contributed by atoms with van der Waals surface area (Å²) in [4.78, 5) is 16.4. The second-order valence-electron chi connectivity index (χ2n) is 4.40. The molecule has 1 fully saturated rings. The first-order valence-corrected chi connectivity index (χ1v) is 6.28. The molecule has 0 amide bonds. The number of nitrogens with zero attached hydrogens (tertiary/aromatic N) is 2. The summed E-state index contributed by atoms with van der Waals surface area (Å²) >= 11 is 0. The van der Waals surface area contributed by atoms with Gasteiger partial charge in [0, 0.05) is 26.2 Å². The Bertz CT molecular complexity index is 213. The van der Waals surface area contributed by atoms with Gasteiger partial charge in [0.05, 0.1) is 6.61 Å². The highest BCUT2D eigenvalue weighted by Gasteiger charge is 2.28. The van der Waals surface area contributed by atoms with Gasteiger partial charge < -0.3 is 9.64 Å². The number of piperazine rings is 1. The zero-order valence-electron chi connectivity index (χ0n) is 10.7. The van der Waals surface area contributed by atoms with Crippen LogP contribution in [0, 0.1) is 0 Å². The first-order valence-electron chi connectivity index (χ1n) is 6.28. The lowest BCUT2D eigenvalue weighted by molar-refractivity contribution is -0.150. The molecule has 1 aliphatic heterocycles. The summed E-state index contributed by atoms with van der Waals surface area (Å²) in [5.74, 6) is -0.0473. The van der Waals surface area contributed by atoms with E-state index in [0.29, 0.717) is 6.61 Å². The Kier molecular flexibility index (Phi) is 5.77. The number of esters is 1. The summed E-state index contributed by atoms with van der Waals surface area (Å²) in [7, 11) is 2.12. The Morgan fingerprint density at radius 2 is 1.88 bits per heavy atom. The van der Waals surface area contributed by atoms with E-state index in [2.05, 4.69) is 23.8 Å². The molecule has 0 aliphatic carbocycles. The lowest BCUT2D eigenvalue weighted by Gasteiger charge is -2.36. The molecule has 1 aliphatic rings. The maximum absolute atomic E-state index is 11.8. The van der Waals surface area contributed by atoms with Crippen LogP contribution in [0.15, 0.2) is 0 Å². The quantitative estimate of drug-likeness (QED) is 0.656. The smallest absolute Gasteiger partial charge is 0.323 e. The summed E-state index contributed by atoms with van der Waals surface area (Å²) in [6, 6.07) is -0.0290. The average Bonchev–Trinajstić information content (AvgIpc) is 2.28. The van der Waals surface area contributed by atoms with Crippen LogP contribution in [0.3, 0.4) is 0 Å². The van der Waals surface area contributed by atoms with Gasteiger partial charge in [0.15, 0.2) is 0 Å². The topological polar surface area (TPSA) is 32.8 Å². The summed E-state index contributed by atoms with van der Waals surface area (Å²) in [5, 5.41) is 0. The summed E-state index contributed by atoms with van der Waals surface area (Å²) in [6.45, 7) is 8.49. The average molecular weight is 228 g/mol. The van der Waals surface area contributed by atoms with Crippen molar-refractivity contribution < 1.29 is 9.53 Å². The van der Waals surface area contributed by atoms with Crippen LogP contribution in [0.1, 0.15) is 26.7 Å². The number of hydrogen-bond donors (Lipinski definition) is 0. The predicted molar refractivity (Wildman–Crippen MR) is 64.4 cm³/mol. The number of rotatable bonds is 5. The second-order valence-corrected chi connectivity index (χ2v) is 4.40. The number of likely N-dealkylation sites (N-methyl/N-ethyl adjacent to an activating group) is 1. The van der Waals surface area contributed by atoms with Gasteiger partial charge in [0.25, 0.3) is 0 Å². The third-order valence-electron chi connectivity index (χ3n) is 3.10. The Balaban J connectivity index is 2.51. The largest absolute Gasteiger partial charge is 0.465 e. The van der Waals surface area contributed by atoms with E-state index in [0.717, 1.165) is 39.0 Å². The van der Waals surface area contributed by atoms with Gasteiger partial charge in [-0.05, 0) is 20.4 Å². The summed E-state index contributed by atoms with van der Waals surface area (Å²) in [6.07, 6.45) is 1.93. The highest BCUT2D eigenvalue weighted by molar-refractivity contribution is 5.75. The van der Waals surface area contributed by atoms with Crippen LogP contribution in [0.5, 0.6) is 0 Å². The van der Waals surface area contributed by atoms with Gasteiger partial charge in [0.2, 0.25) is 0 Å². The molecule has 0 saturated carbocycles. The molecule has 1 rings (SSSR count). The van der Waals surface area contributed by atoms with Crippen LogP contribution in [-0.4, -0.2) is 61.6 Å². The Labute approximate surface area is 98.5 Å². The minimum absolute atomic E-state index is 0.0290. The lowest BCUT2D eigenvalue weighted by atomic mass is 10.1. The Hall–Kier alpha value is -0.610. The van der Waals surface area contributed by atoms with Gasteiger partial charge in [-0.1, -0.05) is 13.3 Å². The van der Waals surface area contributed by atoms with Crippen LogP contribution in [-0.2, 0) is 9.53 Å². The van der Waals surface area contributed by atoms with Crippen molar-refractivity contribution in [1.82, 2.24) is 9.80 Å². The van der Waals surface area contributed by atoms with Crippen LogP contribution in [0.25, 0.3) is 0 Å². The minimum Gasteiger partial charge on any atom is -0.465 e. The van der Waals surface area contributed by atoms with Gasteiger partial charge in [-0.15, -0.1) is 0 Å². The summed E-state index contributed by atoms with van der Waals surface area (Å²) in [5.41, 5.74) is 0. The molecule has 0 bridgehead atoms. The fraction of sp³-hybridized carbons (Fsp3) is 0.917. The third-order valence-corrected chi connectivity index (χ3v) is 3.10. The highest BCUT2D eigenvalue weighted by atomic mass is 16.5. The summed E-state index contributed by atoms with van der Waals surface area (Å²) < 4.78 is 5.14. The number of carbonyl (C=O) groups is 1. The van der Waals surface area contributed by atoms with Crippen molar-refractivity contribution in [3.8, 4) is 0 Å². The normalized spacial score (nSPS) is 20.7. The molecule has 0 aromatic rings. The molecule has 4 heteroatoms. The van der Waals surface area contributed by atoms with E-state index in [9.17, 15) is 4.79 Å². The van der Waals surface area contributed by atoms with Crippen molar-refractivity contribution in [2.75, 3.05) is 39.8 Å². The van der Waals surface area contributed by atoms with E-state index in [-0.39, 0.29) is 12.0 Å². The zero-order chi connectivity index (χ0) is 12.0. The van der Waals surface area contributed by atoms with Crippen molar-refractivity contribution in [1.29, 1.82) is 0 Å². The highest BCUT2D eigenvalue weighted by Crippen LogP contribution is 2.12. The van der Waals surface area contributed by atoms with E-state index in [1.165, 1.54) is 0 Å². The molecule has 1 unspecified atom stereocenters. The molecule has 0 spiro atoms. The maximum Gasteiger partial charge on any atom is 0.323 e. The molecule has 16 heavy (non-hydrogen) atoms. The van der Waals surface area contributed by atoms with Gasteiger partial charge in [-0.25, -0.2) is 0 Å². The molecule has 0 aromatic heterocycles. The van der Waals surface area contributed by atoms with E-state index in [4.69, 9.17) is 4.74 Å². The van der Waals surface area contributed by atoms with Gasteiger partial charge >= 0.3 is 5.97 Å².